The lowest BCUT2D eigenvalue weighted by Crippen LogP contribution is -2.54. The van der Waals surface area contributed by atoms with Crippen LogP contribution in [0.15, 0.2) is 12.3 Å². The third-order valence-corrected chi connectivity index (χ3v) is 4.12. The normalized spacial score (nSPS) is 17.2. The molecule has 1 aliphatic heterocycles. The molecule has 2 heterocycles. The lowest BCUT2D eigenvalue weighted by molar-refractivity contribution is 0.0443. The number of carbonyl (C=O) groups is 1. The van der Waals surface area contributed by atoms with Crippen LogP contribution in [-0.2, 0) is 6.54 Å². The Morgan fingerprint density at radius 2 is 1.86 bits per heavy atom. The van der Waals surface area contributed by atoms with Gasteiger partial charge in [0.25, 0.3) is 5.91 Å². The molecule has 2 rings (SSSR count). The second-order valence-corrected chi connectivity index (χ2v) is 6.80. The van der Waals surface area contributed by atoms with E-state index in [-0.39, 0.29) is 11.4 Å². The monoisotopic (exact) mass is 292 g/mol. The molecule has 1 amide bonds. The van der Waals surface area contributed by atoms with Crippen molar-refractivity contribution in [2.45, 2.75) is 46.2 Å². The van der Waals surface area contributed by atoms with E-state index in [9.17, 15) is 4.79 Å². The van der Waals surface area contributed by atoms with Crippen molar-refractivity contribution < 1.29 is 4.79 Å². The number of rotatable bonds is 3. The number of nitrogens with zero attached hydrogens (tertiary/aromatic N) is 3. The Kier molecular flexibility index (Phi) is 4.61. The molecule has 0 atom stereocenters. The molecule has 2 N–H and O–H groups in total. The minimum Gasteiger partial charge on any atom is -0.397 e. The van der Waals surface area contributed by atoms with E-state index in [2.05, 4.69) is 32.6 Å². The van der Waals surface area contributed by atoms with E-state index in [1.165, 1.54) is 0 Å². The zero-order chi connectivity index (χ0) is 15.6. The minimum atomic E-state index is 0.105. The second kappa shape index (κ2) is 6.10. The summed E-state index contributed by atoms with van der Waals surface area (Å²) >= 11 is 0. The van der Waals surface area contributed by atoms with Gasteiger partial charge in [-0.2, -0.15) is 0 Å². The van der Waals surface area contributed by atoms with Crippen molar-refractivity contribution in [2.75, 3.05) is 31.9 Å². The van der Waals surface area contributed by atoms with Gasteiger partial charge in [-0.25, -0.2) is 0 Å². The summed E-state index contributed by atoms with van der Waals surface area (Å²) in [6.45, 7) is 13.0. The van der Waals surface area contributed by atoms with Gasteiger partial charge >= 0.3 is 0 Å². The van der Waals surface area contributed by atoms with Gasteiger partial charge in [0.15, 0.2) is 0 Å². The van der Waals surface area contributed by atoms with Gasteiger partial charge in [0.1, 0.15) is 5.69 Å². The molecule has 5 heteroatoms. The van der Waals surface area contributed by atoms with E-state index in [1.807, 2.05) is 15.7 Å². The van der Waals surface area contributed by atoms with Gasteiger partial charge in [-0.1, -0.05) is 6.92 Å². The Labute approximate surface area is 127 Å². The Morgan fingerprint density at radius 3 is 2.38 bits per heavy atom. The maximum atomic E-state index is 12.7. The number of carbonyl (C=O) groups excluding carboxylic acids is 1. The van der Waals surface area contributed by atoms with E-state index in [1.54, 1.807) is 6.07 Å². The third-order valence-electron chi connectivity index (χ3n) is 4.12. The number of piperazine rings is 1. The quantitative estimate of drug-likeness (QED) is 0.927. The largest absolute Gasteiger partial charge is 0.397 e. The topological polar surface area (TPSA) is 54.5 Å². The Hall–Kier alpha value is -1.49. The number of amides is 1. The Balaban J connectivity index is 2.05. The zero-order valence-electron chi connectivity index (χ0n) is 13.7. The molecule has 1 saturated heterocycles. The molecule has 0 aromatic carbocycles. The van der Waals surface area contributed by atoms with Crippen molar-refractivity contribution in [2.24, 2.45) is 0 Å². The number of hydrogen-bond donors (Lipinski definition) is 1. The van der Waals surface area contributed by atoms with Crippen LogP contribution in [0.25, 0.3) is 0 Å². The van der Waals surface area contributed by atoms with Gasteiger partial charge in [-0.3, -0.25) is 9.69 Å². The Bertz CT molecular complexity index is 493. The first-order valence-corrected chi connectivity index (χ1v) is 7.83. The smallest absolute Gasteiger partial charge is 0.270 e. The van der Waals surface area contributed by atoms with Crippen LogP contribution in [0.2, 0.25) is 0 Å². The van der Waals surface area contributed by atoms with Crippen molar-refractivity contribution in [3.05, 3.63) is 18.0 Å². The van der Waals surface area contributed by atoms with Crippen LogP contribution in [0.3, 0.4) is 0 Å². The molecule has 1 fully saturated rings. The highest BCUT2D eigenvalue weighted by atomic mass is 16.2. The zero-order valence-corrected chi connectivity index (χ0v) is 13.7. The predicted molar refractivity (Wildman–Crippen MR) is 86.4 cm³/mol. The van der Waals surface area contributed by atoms with Crippen LogP contribution in [0, 0.1) is 0 Å². The summed E-state index contributed by atoms with van der Waals surface area (Å²) in [5.74, 6) is 0.105. The fraction of sp³-hybridized carbons (Fsp3) is 0.688. The number of aromatic nitrogens is 1. The summed E-state index contributed by atoms with van der Waals surface area (Å²) in [6, 6.07) is 1.80. The summed E-state index contributed by atoms with van der Waals surface area (Å²) in [7, 11) is 0. The molecule has 0 unspecified atom stereocenters. The first-order chi connectivity index (χ1) is 9.82. The number of aryl methyl sites for hydroxylation is 1. The van der Waals surface area contributed by atoms with Crippen LogP contribution >= 0.6 is 0 Å². The van der Waals surface area contributed by atoms with Gasteiger partial charge in [0.2, 0.25) is 0 Å². The first-order valence-electron chi connectivity index (χ1n) is 7.83. The van der Waals surface area contributed by atoms with E-state index >= 15 is 0 Å². The summed E-state index contributed by atoms with van der Waals surface area (Å²) < 4.78 is 1.98. The molecule has 0 saturated carbocycles. The van der Waals surface area contributed by atoms with Gasteiger partial charge in [0.05, 0.1) is 5.69 Å². The van der Waals surface area contributed by atoms with Crippen LogP contribution in [-0.4, -0.2) is 52.0 Å². The molecule has 0 radical (unpaired) electrons. The average Bonchev–Trinajstić information content (AvgIpc) is 2.78. The summed E-state index contributed by atoms with van der Waals surface area (Å²) in [4.78, 5) is 17.1. The van der Waals surface area contributed by atoms with Crippen molar-refractivity contribution in [1.82, 2.24) is 14.4 Å². The molecular weight excluding hydrogens is 264 g/mol. The molecule has 1 aromatic heterocycles. The molecule has 118 valence electrons. The maximum absolute atomic E-state index is 12.7. The SMILES string of the molecule is CCCn1cc(N)cc1C(=O)N1CCN(C(C)(C)C)CC1. The number of nitrogen functional groups attached to an aromatic ring is 1. The van der Waals surface area contributed by atoms with Gasteiger partial charge in [0, 0.05) is 44.5 Å². The van der Waals surface area contributed by atoms with Crippen LogP contribution in [0.1, 0.15) is 44.6 Å². The van der Waals surface area contributed by atoms with E-state index in [0.29, 0.717) is 5.69 Å². The first kappa shape index (κ1) is 15.9. The number of hydrogen-bond acceptors (Lipinski definition) is 3. The van der Waals surface area contributed by atoms with Crippen molar-refractivity contribution in [3.8, 4) is 0 Å². The molecule has 0 spiro atoms. The van der Waals surface area contributed by atoms with Crippen LogP contribution in [0.4, 0.5) is 5.69 Å². The van der Waals surface area contributed by atoms with Gasteiger partial charge in [-0.15, -0.1) is 0 Å². The molecule has 0 bridgehead atoms. The second-order valence-electron chi connectivity index (χ2n) is 6.80. The van der Waals surface area contributed by atoms with Crippen LogP contribution in [0.5, 0.6) is 0 Å². The minimum absolute atomic E-state index is 0.105. The number of anilines is 1. The van der Waals surface area contributed by atoms with E-state index in [4.69, 9.17) is 5.73 Å². The highest BCUT2D eigenvalue weighted by Gasteiger charge is 2.29. The highest BCUT2D eigenvalue weighted by Crippen LogP contribution is 2.19. The lowest BCUT2D eigenvalue weighted by atomic mass is 10.0. The molecule has 1 aromatic rings. The molecule has 0 aliphatic carbocycles. The standard InChI is InChI=1S/C16H28N4O/c1-5-6-19-12-13(17)11-14(19)15(21)18-7-9-20(10-8-18)16(2,3)4/h11-12H,5-10,17H2,1-4H3. The van der Waals surface area contributed by atoms with Crippen LogP contribution < -0.4 is 5.73 Å². The van der Waals surface area contributed by atoms with Gasteiger partial charge < -0.3 is 15.2 Å². The maximum Gasteiger partial charge on any atom is 0.270 e. The fourth-order valence-corrected chi connectivity index (χ4v) is 2.88. The summed E-state index contributed by atoms with van der Waals surface area (Å²) in [6.07, 6.45) is 2.86. The molecular formula is C16H28N4O. The predicted octanol–water partition coefficient (Wildman–Crippen LogP) is 2.04. The molecule has 5 nitrogen and oxygen atoms in total. The average molecular weight is 292 g/mol. The third kappa shape index (κ3) is 3.59. The molecule has 21 heavy (non-hydrogen) atoms. The Morgan fingerprint density at radius 1 is 1.24 bits per heavy atom. The fourth-order valence-electron chi connectivity index (χ4n) is 2.88. The lowest BCUT2D eigenvalue weighted by Gasteiger charge is -2.42. The van der Waals surface area contributed by atoms with E-state index < -0.39 is 0 Å². The van der Waals surface area contributed by atoms with Crippen molar-refractivity contribution in [1.29, 1.82) is 0 Å². The summed E-state index contributed by atoms with van der Waals surface area (Å²) in [5.41, 5.74) is 7.41. The van der Waals surface area contributed by atoms with Gasteiger partial charge in [-0.05, 0) is 33.3 Å². The van der Waals surface area contributed by atoms with E-state index in [0.717, 1.165) is 44.8 Å². The highest BCUT2D eigenvalue weighted by molar-refractivity contribution is 5.94. The van der Waals surface area contributed by atoms with Crippen molar-refractivity contribution >= 4 is 11.6 Å². The molecule has 1 aliphatic rings. The number of nitrogens with two attached hydrogens (primary N) is 1. The van der Waals surface area contributed by atoms with Crippen molar-refractivity contribution in [3.63, 3.8) is 0 Å². The summed E-state index contributed by atoms with van der Waals surface area (Å²) in [5, 5.41) is 0.